The first kappa shape index (κ1) is 11.1. The third-order valence-electron chi connectivity index (χ3n) is 5.66. The molecular formula is C15H27N. The molecule has 1 heteroatoms. The van der Waals surface area contributed by atoms with Gasteiger partial charge in [-0.25, -0.2) is 0 Å². The highest BCUT2D eigenvalue weighted by Crippen LogP contribution is 2.63. The van der Waals surface area contributed by atoms with Gasteiger partial charge in [0.1, 0.15) is 0 Å². The Morgan fingerprint density at radius 2 is 1.69 bits per heavy atom. The molecule has 4 aliphatic rings. The molecule has 4 saturated carbocycles. The van der Waals surface area contributed by atoms with Crippen molar-refractivity contribution in [2.75, 3.05) is 0 Å². The third kappa shape index (κ3) is 1.72. The number of hydrogen-bond acceptors (Lipinski definition) is 1. The van der Waals surface area contributed by atoms with Gasteiger partial charge in [0, 0.05) is 5.54 Å². The summed E-state index contributed by atoms with van der Waals surface area (Å²) in [5.74, 6) is 4.07. The monoisotopic (exact) mass is 221 g/mol. The topological polar surface area (TPSA) is 26.0 Å². The molecule has 2 N–H and O–H groups in total. The molecule has 0 radical (unpaired) electrons. The molecular weight excluding hydrogens is 194 g/mol. The van der Waals surface area contributed by atoms with Crippen LogP contribution in [-0.2, 0) is 0 Å². The minimum Gasteiger partial charge on any atom is -0.326 e. The predicted octanol–water partition coefficient (Wildman–Crippen LogP) is 3.58. The average Bonchev–Trinajstić information content (AvgIpc) is 2.08. The molecule has 92 valence electrons. The van der Waals surface area contributed by atoms with Gasteiger partial charge in [0.15, 0.2) is 0 Å². The highest BCUT2D eigenvalue weighted by Gasteiger charge is 2.54. The lowest BCUT2D eigenvalue weighted by molar-refractivity contribution is -0.106. The normalized spacial score (nSPS) is 51.0. The maximum Gasteiger partial charge on any atom is 0.00999 e. The molecule has 1 nitrogen and oxygen atoms in total. The first-order valence-electron chi connectivity index (χ1n) is 7.15. The lowest BCUT2D eigenvalue weighted by Crippen LogP contribution is -2.53. The molecule has 0 aromatic rings. The quantitative estimate of drug-likeness (QED) is 0.758. The Kier molecular flexibility index (Phi) is 2.25. The van der Waals surface area contributed by atoms with Gasteiger partial charge in [-0.3, -0.25) is 0 Å². The van der Waals surface area contributed by atoms with E-state index in [1.807, 2.05) is 0 Å². The van der Waals surface area contributed by atoms with Gasteiger partial charge in [0.25, 0.3) is 0 Å². The summed E-state index contributed by atoms with van der Waals surface area (Å²) < 4.78 is 0. The molecule has 0 saturated heterocycles. The van der Waals surface area contributed by atoms with Crippen LogP contribution in [0.1, 0.15) is 59.3 Å². The van der Waals surface area contributed by atoms with E-state index in [0.717, 1.165) is 23.7 Å². The third-order valence-corrected chi connectivity index (χ3v) is 5.66. The first-order chi connectivity index (χ1) is 7.36. The van der Waals surface area contributed by atoms with E-state index in [0.29, 0.717) is 5.41 Å². The fraction of sp³-hybridized carbons (Fsp3) is 1.00. The number of rotatable bonds is 2. The van der Waals surface area contributed by atoms with Crippen LogP contribution in [0.25, 0.3) is 0 Å². The molecule has 16 heavy (non-hydrogen) atoms. The van der Waals surface area contributed by atoms with Crippen LogP contribution in [0.4, 0.5) is 0 Å². The summed E-state index contributed by atoms with van der Waals surface area (Å²) in [6, 6.07) is 0. The molecule has 3 unspecified atom stereocenters. The second kappa shape index (κ2) is 3.25. The van der Waals surface area contributed by atoms with Gasteiger partial charge >= 0.3 is 0 Å². The molecule has 4 bridgehead atoms. The number of hydrogen-bond donors (Lipinski definition) is 1. The van der Waals surface area contributed by atoms with Gasteiger partial charge in [-0.1, -0.05) is 6.92 Å². The zero-order valence-corrected chi connectivity index (χ0v) is 11.1. The fourth-order valence-electron chi connectivity index (χ4n) is 5.53. The smallest absolute Gasteiger partial charge is 0.00999 e. The maximum atomic E-state index is 6.27. The van der Waals surface area contributed by atoms with Gasteiger partial charge in [0.05, 0.1) is 0 Å². The standard InChI is InChI=1S/C15H27N/c1-14(2,16)9-13-12-5-10-4-11(6-12)8-15(13,3)7-10/h10-13H,4-9,16H2,1-3H3. The van der Waals surface area contributed by atoms with Gasteiger partial charge in [0.2, 0.25) is 0 Å². The molecule has 4 aliphatic carbocycles. The van der Waals surface area contributed by atoms with Crippen LogP contribution in [0.5, 0.6) is 0 Å². The van der Waals surface area contributed by atoms with Crippen molar-refractivity contribution >= 4 is 0 Å². The van der Waals surface area contributed by atoms with Crippen molar-refractivity contribution in [3.8, 4) is 0 Å². The lowest BCUT2D eigenvalue weighted by Gasteiger charge is -2.61. The first-order valence-corrected chi connectivity index (χ1v) is 7.15. The van der Waals surface area contributed by atoms with Crippen LogP contribution in [0, 0.1) is 29.1 Å². The van der Waals surface area contributed by atoms with Gasteiger partial charge in [-0.2, -0.15) is 0 Å². The van der Waals surface area contributed by atoms with E-state index in [1.54, 1.807) is 6.42 Å². The van der Waals surface area contributed by atoms with E-state index in [1.165, 1.54) is 32.1 Å². The minimum absolute atomic E-state index is 0.0308. The highest BCUT2D eigenvalue weighted by molar-refractivity contribution is 5.05. The maximum absolute atomic E-state index is 6.27. The van der Waals surface area contributed by atoms with E-state index < -0.39 is 0 Å². The van der Waals surface area contributed by atoms with Crippen LogP contribution in [0.3, 0.4) is 0 Å². The number of nitrogens with two attached hydrogens (primary N) is 1. The summed E-state index contributed by atoms with van der Waals surface area (Å²) in [6.07, 6.45) is 8.83. The SMILES string of the molecule is CC(C)(N)CC1C2CC3CC(C2)CC1(C)C3. The van der Waals surface area contributed by atoms with E-state index in [9.17, 15) is 0 Å². The Morgan fingerprint density at radius 1 is 1.12 bits per heavy atom. The van der Waals surface area contributed by atoms with E-state index in [4.69, 9.17) is 5.73 Å². The van der Waals surface area contributed by atoms with Crippen molar-refractivity contribution in [1.82, 2.24) is 0 Å². The Morgan fingerprint density at radius 3 is 2.12 bits per heavy atom. The Hall–Kier alpha value is -0.0400. The molecule has 0 aromatic heterocycles. The summed E-state index contributed by atoms with van der Waals surface area (Å²) in [7, 11) is 0. The zero-order chi connectivity index (χ0) is 11.6. The van der Waals surface area contributed by atoms with Crippen molar-refractivity contribution < 1.29 is 0 Å². The van der Waals surface area contributed by atoms with Gasteiger partial charge in [-0.15, -0.1) is 0 Å². The van der Waals surface area contributed by atoms with Crippen molar-refractivity contribution in [3.05, 3.63) is 0 Å². The molecule has 0 aromatic carbocycles. The van der Waals surface area contributed by atoms with Gasteiger partial charge < -0.3 is 5.73 Å². The molecule has 4 rings (SSSR count). The van der Waals surface area contributed by atoms with Crippen molar-refractivity contribution in [2.24, 2.45) is 34.8 Å². The average molecular weight is 221 g/mol. The molecule has 4 fully saturated rings. The summed E-state index contributed by atoms with van der Waals surface area (Å²) in [5.41, 5.74) is 6.95. The molecule has 0 spiro atoms. The minimum atomic E-state index is 0.0308. The Bertz CT molecular complexity index is 274. The van der Waals surface area contributed by atoms with Crippen LogP contribution in [0.2, 0.25) is 0 Å². The zero-order valence-electron chi connectivity index (χ0n) is 11.1. The van der Waals surface area contributed by atoms with Crippen molar-refractivity contribution in [3.63, 3.8) is 0 Å². The Labute approximate surface area is 100 Å². The van der Waals surface area contributed by atoms with E-state index >= 15 is 0 Å². The van der Waals surface area contributed by atoms with Gasteiger partial charge in [-0.05, 0) is 81.5 Å². The highest BCUT2D eigenvalue weighted by atomic mass is 14.7. The lowest BCUT2D eigenvalue weighted by atomic mass is 9.44. The fourth-order valence-corrected chi connectivity index (χ4v) is 5.53. The summed E-state index contributed by atoms with van der Waals surface area (Å²) in [6.45, 7) is 6.98. The second-order valence-corrected chi connectivity index (χ2v) is 8.06. The molecule has 3 atom stereocenters. The van der Waals surface area contributed by atoms with Crippen molar-refractivity contribution in [1.29, 1.82) is 0 Å². The second-order valence-electron chi connectivity index (χ2n) is 8.06. The van der Waals surface area contributed by atoms with Crippen LogP contribution < -0.4 is 5.73 Å². The van der Waals surface area contributed by atoms with E-state index in [-0.39, 0.29) is 5.54 Å². The molecule has 0 aliphatic heterocycles. The largest absolute Gasteiger partial charge is 0.326 e. The van der Waals surface area contributed by atoms with E-state index in [2.05, 4.69) is 20.8 Å². The molecule has 0 amide bonds. The van der Waals surface area contributed by atoms with Crippen LogP contribution >= 0.6 is 0 Å². The summed E-state index contributed by atoms with van der Waals surface area (Å²) in [5, 5.41) is 0. The summed E-state index contributed by atoms with van der Waals surface area (Å²) in [4.78, 5) is 0. The molecule has 0 heterocycles. The van der Waals surface area contributed by atoms with Crippen LogP contribution in [0.15, 0.2) is 0 Å². The predicted molar refractivity (Wildman–Crippen MR) is 68.0 cm³/mol. The Balaban J connectivity index is 1.83. The van der Waals surface area contributed by atoms with Crippen molar-refractivity contribution in [2.45, 2.75) is 64.8 Å². The van der Waals surface area contributed by atoms with Crippen LogP contribution in [-0.4, -0.2) is 5.54 Å². The summed E-state index contributed by atoms with van der Waals surface area (Å²) >= 11 is 0.